The Morgan fingerprint density at radius 3 is 1.43 bits per heavy atom. The third-order valence-electron chi connectivity index (χ3n) is 22.2. The second kappa shape index (κ2) is 20.3. The molecule has 0 N–H and O–H groups in total. The topological polar surface area (TPSA) is 83.4 Å². The highest BCUT2D eigenvalue weighted by Crippen LogP contribution is 2.50. The van der Waals surface area contributed by atoms with Crippen LogP contribution in [-0.2, 0) is 0 Å². The molecule has 0 saturated carbocycles. The van der Waals surface area contributed by atoms with Gasteiger partial charge in [0.15, 0.2) is 11.6 Å². The lowest BCUT2D eigenvalue weighted by Crippen LogP contribution is -2.04. The fraction of sp³-hybridized carbons (Fsp3) is 0. The van der Waals surface area contributed by atoms with Gasteiger partial charge in [-0.15, -0.1) is 0 Å². The highest BCUT2D eigenvalue weighted by molar-refractivity contribution is 6.37. The number of aromatic nitrogens is 8. The normalized spacial score (nSPS) is 12.5. The van der Waals surface area contributed by atoms with Crippen LogP contribution in [0.5, 0.6) is 0 Å². The Labute approximate surface area is 584 Å². The summed E-state index contributed by atoms with van der Waals surface area (Å²) in [7, 11) is 0. The van der Waals surface area contributed by atoms with Gasteiger partial charge in [-0.1, -0.05) is 243 Å². The van der Waals surface area contributed by atoms with Crippen LogP contribution in [0.25, 0.3) is 230 Å². The molecule has 9 aromatic heterocycles. The standard InChI is InChI=1S/C48H26N4O.C46H26N4/c1-2-12-28(13-3-1)44-48(49-35-25-23-27-11-4-5-14-29(27)45(35)50-44)52-36-19-9-16-31-32-17-8-18-34-42-39(26-24-33-30-15-6-7-22-40(30)53-47(33)42)51(46(32)34)37-20-10-21-38(52)43(37)41(31)36;1-2-13-28(14-3-1)42-46(48-43-30-16-6-4-12-27(30)24-25-36(43)47-42)50-39-23-11-22-38-41(39)40-35(26-29-15-5-7-17-31(29)45(40)50)34-20-10-19-33-32-18-8-9-21-37(32)49(38)44(33)34/h1-26H;1-26H. The molecular formula is C94H52N8O. The maximum atomic E-state index is 6.67. The molecule has 0 amide bonds. The van der Waals surface area contributed by atoms with Gasteiger partial charge in [0.2, 0.25) is 0 Å². The van der Waals surface area contributed by atoms with E-state index in [9.17, 15) is 0 Å². The van der Waals surface area contributed by atoms with Crippen molar-refractivity contribution in [3.8, 4) is 34.2 Å². The third kappa shape index (κ3) is 7.32. The summed E-state index contributed by atoms with van der Waals surface area (Å²) in [6.07, 6.45) is 0. The number of furan rings is 1. The van der Waals surface area contributed by atoms with E-state index in [1.807, 2.05) is 6.07 Å². The molecule has 103 heavy (non-hydrogen) atoms. The molecule has 474 valence electrons. The van der Waals surface area contributed by atoms with Gasteiger partial charge >= 0.3 is 0 Å². The second-order valence-corrected chi connectivity index (χ2v) is 27.4. The van der Waals surface area contributed by atoms with Crippen molar-refractivity contribution in [1.29, 1.82) is 0 Å². The molecule has 0 unspecified atom stereocenters. The van der Waals surface area contributed by atoms with Crippen LogP contribution in [0, 0.1) is 0 Å². The van der Waals surface area contributed by atoms with Gasteiger partial charge in [0.1, 0.15) is 22.6 Å². The minimum Gasteiger partial charge on any atom is -0.455 e. The first-order valence-electron chi connectivity index (χ1n) is 35.1. The molecule has 16 aromatic carbocycles. The molecule has 0 radical (unpaired) electrons. The van der Waals surface area contributed by atoms with Gasteiger partial charge in [-0.05, 0) is 99.7 Å². The lowest BCUT2D eigenvalue weighted by atomic mass is 9.99. The molecule has 0 aliphatic rings. The molecule has 0 spiro atoms. The molecular weight excluding hydrogens is 1260 g/mol. The van der Waals surface area contributed by atoms with Crippen molar-refractivity contribution in [2.75, 3.05) is 0 Å². The third-order valence-corrected chi connectivity index (χ3v) is 22.2. The van der Waals surface area contributed by atoms with E-state index in [0.29, 0.717) is 0 Å². The first kappa shape index (κ1) is 54.9. The number of nitrogens with zero attached hydrogens (tertiary/aromatic N) is 8. The van der Waals surface area contributed by atoms with Crippen LogP contribution < -0.4 is 0 Å². The molecule has 9 heterocycles. The summed E-state index contributed by atoms with van der Waals surface area (Å²) in [5.41, 5.74) is 20.7. The molecule has 9 heteroatoms. The maximum Gasteiger partial charge on any atom is 0.165 e. The number of rotatable bonds is 4. The van der Waals surface area contributed by atoms with E-state index in [1.165, 1.54) is 92.1 Å². The first-order chi connectivity index (χ1) is 51.1. The van der Waals surface area contributed by atoms with Gasteiger partial charge in [0, 0.05) is 86.5 Å². The SMILES string of the molecule is c1ccc(-c2nc3c(ccc4ccccc43)nc2-n2c3cccc4c5cccc6c7c8oc9ccccc9c8ccc7n(c7cccc2c7c43)c56)cc1.c1ccc(-c2nc3ccc4ccccc4c3nc2-n2c3cccc4c3c3c(cc5ccccc5c32)c2cccc3c5ccccc5n4c23)cc1. The Balaban J connectivity index is 0.000000124. The molecule has 25 aromatic rings. The summed E-state index contributed by atoms with van der Waals surface area (Å²) in [5, 5.41) is 23.8. The van der Waals surface area contributed by atoms with E-state index in [2.05, 4.69) is 327 Å². The average molecular weight is 1310 g/mol. The lowest BCUT2D eigenvalue weighted by Gasteiger charge is -2.16. The summed E-state index contributed by atoms with van der Waals surface area (Å²) in [4.78, 5) is 22.1. The van der Waals surface area contributed by atoms with Gasteiger partial charge < -0.3 is 13.2 Å². The molecule has 9 nitrogen and oxygen atoms in total. The van der Waals surface area contributed by atoms with Gasteiger partial charge in [-0.2, -0.15) is 0 Å². The van der Waals surface area contributed by atoms with Gasteiger partial charge in [-0.25, -0.2) is 19.9 Å². The zero-order chi connectivity index (χ0) is 66.9. The lowest BCUT2D eigenvalue weighted by molar-refractivity contribution is 0.673. The van der Waals surface area contributed by atoms with Crippen LogP contribution in [0.4, 0.5) is 0 Å². The van der Waals surface area contributed by atoms with E-state index < -0.39 is 0 Å². The van der Waals surface area contributed by atoms with Crippen molar-refractivity contribution in [1.82, 2.24) is 37.9 Å². The van der Waals surface area contributed by atoms with Crippen molar-refractivity contribution in [2.24, 2.45) is 0 Å². The number of hydrogen-bond acceptors (Lipinski definition) is 5. The van der Waals surface area contributed by atoms with E-state index in [1.54, 1.807) is 0 Å². The summed E-state index contributed by atoms with van der Waals surface area (Å²) in [6.45, 7) is 0. The van der Waals surface area contributed by atoms with Crippen LogP contribution >= 0.6 is 0 Å². The van der Waals surface area contributed by atoms with Crippen LogP contribution in [0.3, 0.4) is 0 Å². The first-order valence-corrected chi connectivity index (χ1v) is 35.1. The van der Waals surface area contributed by atoms with E-state index in [-0.39, 0.29) is 0 Å². The summed E-state index contributed by atoms with van der Waals surface area (Å²) in [6, 6.07) is 113. The maximum absolute atomic E-state index is 6.67. The largest absolute Gasteiger partial charge is 0.455 e. The summed E-state index contributed by atoms with van der Waals surface area (Å²) >= 11 is 0. The Morgan fingerprint density at radius 2 is 0.699 bits per heavy atom. The fourth-order valence-corrected chi connectivity index (χ4v) is 18.0. The van der Waals surface area contributed by atoms with Gasteiger partial charge in [0.25, 0.3) is 0 Å². The molecule has 0 atom stereocenters. The van der Waals surface area contributed by atoms with Gasteiger partial charge in [0.05, 0.1) is 82.6 Å². The van der Waals surface area contributed by atoms with Crippen molar-refractivity contribution in [3.63, 3.8) is 0 Å². The smallest absolute Gasteiger partial charge is 0.165 e. The van der Waals surface area contributed by atoms with Crippen molar-refractivity contribution in [2.45, 2.75) is 0 Å². The molecule has 0 fully saturated rings. The van der Waals surface area contributed by atoms with Crippen molar-refractivity contribution < 1.29 is 4.42 Å². The highest BCUT2D eigenvalue weighted by atomic mass is 16.3. The number of benzene rings is 16. The molecule has 0 aliphatic heterocycles. The zero-order valence-electron chi connectivity index (χ0n) is 55.0. The van der Waals surface area contributed by atoms with E-state index in [0.717, 1.165) is 138 Å². The monoisotopic (exact) mass is 1310 g/mol. The summed E-state index contributed by atoms with van der Waals surface area (Å²) in [5.74, 6) is 1.64. The molecule has 0 bridgehead atoms. The van der Waals surface area contributed by atoms with Crippen molar-refractivity contribution in [3.05, 3.63) is 315 Å². The Hall–Kier alpha value is -14.0. The molecule has 0 saturated heterocycles. The van der Waals surface area contributed by atoms with Crippen LogP contribution in [-0.4, -0.2) is 37.9 Å². The second-order valence-electron chi connectivity index (χ2n) is 27.4. The number of fused-ring (bicyclic) bond motifs is 22. The molecule has 25 rings (SSSR count). The minimum atomic E-state index is 0.814. The fourth-order valence-electron chi connectivity index (χ4n) is 18.0. The highest BCUT2D eigenvalue weighted by Gasteiger charge is 2.29. The van der Waals surface area contributed by atoms with Crippen LogP contribution in [0.15, 0.2) is 320 Å². The Morgan fingerprint density at radius 1 is 0.233 bits per heavy atom. The predicted octanol–water partition coefficient (Wildman–Crippen LogP) is 24.4. The van der Waals surface area contributed by atoms with Gasteiger partial charge in [-0.3, -0.25) is 9.13 Å². The predicted molar refractivity (Wildman–Crippen MR) is 428 cm³/mol. The summed E-state index contributed by atoms with van der Waals surface area (Å²) < 4.78 is 16.4. The minimum absolute atomic E-state index is 0.814. The Bertz CT molecular complexity index is 8000. The van der Waals surface area contributed by atoms with E-state index in [4.69, 9.17) is 24.4 Å². The van der Waals surface area contributed by atoms with E-state index >= 15 is 0 Å². The quantitative estimate of drug-likeness (QED) is 0.164. The molecule has 0 aliphatic carbocycles. The Kier molecular flexibility index (Phi) is 10.8. The average Bonchev–Trinajstić information content (AvgIpc) is 1.53. The van der Waals surface area contributed by atoms with Crippen LogP contribution in [0.2, 0.25) is 0 Å². The van der Waals surface area contributed by atoms with Crippen LogP contribution in [0.1, 0.15) is 0 Å². The zero-order valence-corrected chi connectivity index (χ0v) is 55.0. The van der Waals surface area contributed by atoms with Crippen molar-refractivity contribution >= 4 is 196 Å². The number of para-hydroxylation sites is 4. The number of hydrogen-bond donors (Lipinski definition) is 0.